The average molecular weight is 577 g/mol. The van der Waals surface area contributed by atoms with E-state index in [2.05, 4.69) is 5.32 Å². The summed E-state index contributed by atoms with van der Waals surface area (Å²) in [6, 6.07) is 19.5. The van der Waals surface area contributed by atoms with Gasteiger partial charge in [0.1, 0.15) is 12.3 Å². The highest BCUT2D eigenvalue weighted by Crippen LogP contribution is 2.32. The smallest absolute Gasteiger partial charge is 0.254 e. The van der Waals surface area contributed by atoms with Gasteiger partial charge in [-0.15, -0.1) is 0 Å². The summed E-state index contributed by atoms with van der Waals surface area (Å²) in [5.41, 5.74) is 2.61. The Balaban J connectivity index is 1.65. The summed E-state index contributed by atoms with van der Waals surface area (Å²) in [6.07, 6.45) is 1.81. The van der Waals surface area contributed by atoms with Crippen molar-refractivity contribution in [3.63, 3.8) is 0 Å². The van der Waals surface area contributed by atoms with Gasteiger partial charge in [0.05, 0.1) is 32.7 Å². The molecule has 0 bridgehead atoms. The summed E-state index contributed by atoms with van der Waals surface area (Å²) in [6.45, 7) is 4.24. The summed E-state index contributed by atoms with van der Waals surface area (Å²) in [5, 5.41) is 3.51. The second-order valence-corrected chi connectivity index (χ2v) is 10.2. The number of imidazole rings is 1. The Morgan fingerprint density at radius 1 is 0.927 bits per heavy atom. The van der Waals surface area contributed by atoms with Crippen LogP contribution in [0.2, 0.25) is 5.02 Å². The van der Waals surface area contributed by atoms with E-state index in [9.17, 15) is 9.59 Å². The van der Waals surface area contributed by atoms with E-state index in [1.807, 2.05) is 38.2 Å². The van der Waals surface area contributed by atoms with Crippen molar-refractivity contribution in [2.45, 2.75) is 13.8 Å². The van der Waals surface area contributed by atoms with Crippen LogP contribution in [0.4, 0.5) is 5.95 Å². The summed E-state index contributed by atoms with van der Waals surface area (Å²) >= 11 is 6.08. The van der Waals surface area contributed by atoms with Crippen molar-refractivity contribution in [2.75, 3.05) is 39.7 Å². The quantitative estimate of drug-likeness (QED) is 0.237. The van der Waals surface area contributed by atoms with Crippen molar-refractivity contribution in [3.8, 4) is 34.2 Å². The SMILES string of the molecule is COc1ccc(C(=O)N(CC(=O)Nc2nc(-c3ccc(Cl)cc3)cn2-c2ccc(OC)c(OC)c2)CC(C)C)cc1. The van der Waals surface area contributed by atoms with Gasteiger partial charge in [0.25, 0.3) is 5.91 Å². The zero-order valence-electron chi connectivity index (χ0n) is 23.7. The average Bonchev–Trinajstić information content (AvgIpc) is 3.39. The van der Waals surface area contributed by atoms with Crippen LogP contribution in [0.25, 0.3) is 16.9 Å². The number of ether oxygens (including phenoxy) is 3. The van der Waals surface area contributed by atoms with E-state index in [1.54, 1.807) is 74.4 Å². The van der Waals surface area contributed by atoms with Crippen LogP contribution in [0.5, 0.6) is 17.2 Å². The lowest BCUT2D eigenvalue weighted by molar-refractivity contribution is -0.117. The molecule has 1 heterocycles. The second-order valence-electron chi connectivity index (χ2n) is 9.72. The van der Waals surface area contributed by atoms with E-state index in [1.165, 1.54) is 4.90 Å². The normalized spacial score (nSPS) is 10.8. The third kappa shape index (κ3) is 7.18. The molecular formula is C31H33ClN4O5. The van der Waals surface area contributed by atoms with Gasteiger partial charge in [-0.1, -0.05) is 37.6 Å². The number of hydrogen-bond donors (Lipinski definition) is 1. The Labute approximate surface area is 244 Å². The molecule has 0 aliphatic carbocycles. The van der Waals surface area contributed by atoms with Crippen molar-refractivity contribution in [2.24, 2.45) is 5.92 Å². The molecule has 41 heavy (non-hydrogen) atoms. The lowest BCUT2D eigenvalue weighted by Crippen LogP contribution is -2.40. The van der Waals surface area contributed by atoms with Crippen LogP contribution in [-0.2, 0) is 4.79 Å². The fourth-order valence-electron chi connectivity index (χ4n) is 4.31. The predicted octanol–water partition coefficient (Wildman–Crippen LogP) is 5.96. The van der Waals surface area contributed by atoms with E-state index in [4.69, 9.17) is 30.8 Å². The first-order chi connectivity index (χ1) is 19.7. The van der Waals surface area contributed by atoms with Crippen LogP contribution < -0.4 is 19.5 Å². The van der Waals surface area contributed by atoms with Gasteiger partial charge < -0.3 is 19.1 Å². The number of carbonyl (C=O) groups excluding carboxylic acids is 2. The molecule has 0 aliphatic heterocycles. The minimum Gasteiger partial charge on any atom is -0.497 e. The third-order valence-electron chi connectivity index (χ3n) is 6.29. The molecule has 10 heteroatoms. The maximum absolute atomic E-state index is 13.4. The van der Waals surface area contributed by atoms with Gasteiger partial charge in [-0.2, -0.15) is 0 Å². The first-order valence-corrected chi connectivity index (χ1v) is 13.4. The molecule has 3 aromatic carbocycles. The predicted molar refractivity (Wildman–Crippen MR) is 159 cm³/mol. The molecular weight excluding hydrogens is 544 g/mol. The zero-order valence-corrected chi connectivity index (χ0v) is 24.4. The van der Waals surface area contributed by atoms with Crippen LogP contribution in [0.15, 0.2) is 72.9 Å². The first-order valence-electron chi connectivity index (χ1n) is 13.0. The van der Waals surface area contributed by atoms with Crippen molar-refractivity contribution < 1.29 is 23.8 Å². The highest BCUT2D eigenvalue weighted by Gasteiger charge is 2.22. The minimum atomic E-state index is -0.387. The lowest BCUT2D eigenvalue weighted by atomic mass is 10.1. The monoisotopic (exact) mass is 576 g/mol. The molecule has 0 saturated carbocycles. The fourth-order valence-corrected chi connectivity index (χ4v) is 4.44. The highest BCUT2D eigenvalue weighted by molar-refractivity contribution is 6.30. The van der Waals surface area contributed by atoms with Gasteiger partial charge in [-0.25, -0.2) is 4.98 Å². The highest BCUT2D eigenvalue weighted by atomic mass is 35.5. The van der Waals surface area contributed by atoms with Gasteiger partial charge in [0.2, 0.25) is 11.9 Å². The molecule has 1 N–H and O–H groups in total. The fraction of sp³-hybridized carbons (Fsp3) is 0.258. The molecule has 4 aromatic rings. The van der Waals surface area contributed by atoms with Crippen molar-refractivity contribution in [3.05, 3.63) is 83.5 Å². The Morgan fingerprint density at radius 2 is 1.61 bits per heavy atom. The number of anilines is 1. The number of methoxy groups -OCH3 is 3. The molecule has 0 unspecified atom stereocenters. The number of halogens is 1. The number of nitrogens with one attached hydrogen (secondary N) is 1. The minimum absolute atomic E-state index is 0.148. The maximum Gasteiger partial charge on any atom is 0.254 e. The maximum atomic E-state index is 13.4. The van der Waals surface area contributed by atoms with Gasteiger partial charge in [0.15, 0.2) is 11.5 Å². The van der Waals surface area contributed by atoms with Crippen molar-refractivity contribution in [1.82, 2.24) is 14.5 Å². The third-order valence-corrected chi connectivity index (χ3v) is 6.54. The molecule has 0 spiro atoms. The molecule has 9 nitrogen and oxygen atoms in total. The largest absolute Gasteiger partial charge is 0.497 e. The first kappa shape index (κ1) is 29.5. The lowest BCUT2D eigenvalue weighted by Gasteiger charge is -2.24. The molecule has 0 fully saturated rings. The number of amides is 2. The zero-order chi connectivity index (χ0) is 29.5. The van der Waals surface area contributed by atoms with E-state index < -0.39 is 0 Å². The molecule has 0 radical (unpaired) electrons. The van der Waals surface area contributed by atoms with Crippen LogP contribution in [0.3, 0.4) is 0 Å². The standard InChI is InChI=1S/C31H33ClN4O5/c1-20(2)17-35(30(38)22-8-13-25(39-3)14-9-22)19-29(37)34-31-33-26(21-6-10-23(32)11-7-21)18-36(31)24-12-15-27(40-4)28(16-24)41-5/h6-16,18,20H,17,19H2,1-5H3,(H,33,34,37). The molecule has 214 valence electrons. The number of hydrogen-bond acceptors (Lipinski definition) is 6. The van der Waals surface area contributed by atoms with Crippen molar-refractivity contribution >= 4 is 29.4 Å². The summed E-state index contributed by atoms with van der Waals surface area (Å²) in [4.78, 5) is 33.0. The number of carbonyl (C=O) groups is 2. The van der Waals surface area contributed by atoms with Gasteiger partial charge in [-0.05, 0) is 54.4 Å². The van der Waals surface area contributed by atoms with Gasteiger partial charge in [0, 0.05) is 35.0 Å². The Kier molecular flexibility index (Phi) is 9.52. The number of aromatic nitrogens is 2. The Morgan fingerprint density at radius 3 is 2.22 bits per heavy atom. The number of nitrogens with zero attached hydrogens (tertiary/aromatic N) is 3. The van der Waals surface area contributed by atoms with Crippen LogP contribution in [0.1, 0.15) is 24.2 Å². The molecule has 4 rings (SSSR count). The number of rotatable bonds is 11. The molecule has 1 aromatic heterocycles. The summed E-state index contributed by atoms with van der Waals surface area (Å²) in [7, 11) is 4.69. The summed E-state index contributed by atoms with van der Waals surface area (Å²) < 4.78 is 17.8. The topological polar surface area (TPSA) is 94.9 Å². The van der Waals surface area contributed by atoms with Crippen molar-refractivity contribution in [1.29, 1.82) is 0 Å². The Bertz CT molecular complexity index is 1500. The van der Waals surface area contributed by atoms with E-state index in [0.717, 1.165) is 5.56 Å². The van der Waals surface area contributed by atoms with Crippen LogP contribution in [0, 0.1) is 5.92 Å². The number of benzene rings is 3. The van der Waals surface area contributed by atoms with Crippen LogP contribution in [-0.4, -0.2) is 60.7 Å². The molecule has 2 amide bonds. The van der Waals surface area contributed by atoms with Gasteiger partial charge >= 0.3 is 0 Å². The molecule has 0 saturated heterocycles. The Hall–Kier alpha value is -4.50. The van der Waals surface area contributed by atoms with Gasteiger partial charge in [-0.3, -0.25) is 19.5 Å². The summed E-state index contributed by atoms with van der Waals surface area (Å²) in [5.74, 6) is 1.54. The second kappa shape index (κ2) is 13.2. The van der Waals surface area contributed by atoms with Crippen LogP contribution >= 0.6 is 11.6 Å². The van der Waals surface area contributed by atoms with E-state index >= 15 is 0 Å². The van der Waals surface area contributed by atoms with E-state index in [0.29, 0.717) is 45.8 Å². The van der Waals surface area contributed by atoms with E-state index in [-0.39, 0.29) is 30.2 Å². The molecule has 0 aliphatic rings. The molecule has 0 atom stereocenters.